The summed E-state index contributed by atoms with van der Waals surface area (Å²) in [5.74, 6) is 1.09. The van der Waals surface area contributed by atoms with Gasteiger partial charge in [-0.3, -0.25) is 14.5 Å². The number of nitrogens with zero attached hydrogens (tertiary/aromatic N) is 1. The highest BCUT2D eigenvalue weighted by Gasteiger charge is 2.24. The lowest BCUT2D eigenvalue weighted by Crippen LogP contribution is -2.43. The van der Waals surface area contributed by atoms with E-state index in [1.54, 1.807) is 26.4 Å². The topological polar surface area (TPSA) is 89.1 Å². The molecule has 0 spiro atoms. The van der Waals surface area contributed by atoms with E-state index in [1.807, 2.05) is 30.3 Å². The van der Waals surface area contributed by atoms with Crippen molar-refractivity contribution in [1.82, 2.24) is 15.5 Å². The van der Waals surface area contributed by atoms with Gasteiger partial charge in [0.05, 0.1) is 33.5 Å². The molecule has 0 bridgehead atoms. The Morgan fingerprint density at radius 3 is 2.31 bits per heavy atom. The summed E-state index contributed by atoms with van der Waals surface area (Å²) in [4.78, 5) is 26.2. The Bertz CT molecular complexity index is 910. The van der Waals surface area contributed by atoms with Gasteiger partial charge in [-0.1, -0.05) is 18.2 Å². The monoisotopic (exact) mass is 441 g/mol. The zero-order valence-corrected chi connectivity index (χ0v) is 18.8. The molecule has 2 aromatic carbocycles. The predicted octanol–water partition coefficient (Wildman–Crippen LogP) is 2.14. The molecule has 0 saturated carbocycles. The Labute approximate surface area is 188 Å². The minimum absolute atomic E-state index is 0.0262. The number of methoxy groups -OCH3 is 2. The minimum atomic E-state index is -0.144. The molecule has 8 heteroatoms. The lowest BCUT2D eigenvalue weighted by molar-refractivity contribution is -0.119. The molecule has 2 N–H and O–H groups in total. The summed E-state index contributed by atoms with van der Waals surface area (Å²) >= 11 is 0. The zero-order chi connectivity index (χ0) is 22.9. The second-order valence-corrected chi connectivity index (χ2v) is 7.60. The van der Waals surface area contributed by atoms with Crippen molar-refractivity contribution < 1.29 is 23.8 Å². The molecule has 0 aromatic heterocycles. The van der Waals surface area contributed by atoms with Gasteiger partial charge in [0.25, 0.3) is 5.91 Å². The normalized spacial score (nSPS) is 15.0. The van der Waals surface area contributed by atoms with Crippen LogP contribution in [0.4, 0.5) is 0 Å². The van der Waals surface area contributed by atoms with Crippen molar-refractivity contribution in [3.8, 4) is 11.5 Å². The van der Waals surface area contributed by atoms with Crippen molar-refractivity contribution in [2.24, 2.45) is 0 Å². The Morgan fingerprint density at radius 1 is 1.00 bits per heavy atom. The highest BCUT2D eigenvalue weighted by Crippen LogP contribution is 2.32. The summed E-state index contributed by atoms with van der Waals surface area (Å²) in [6, 6.07) is 13.1. The fraction of sp³-hybridized carbons (Fsp3) is 0.417. The summed E-state index contributed by atoms with van der Waals surface area (Å²) in [7, 11) is 3.22. The maximum atomic E-state index is 12.8. The van der Waals surface area contributed by atoms with Crippen molar-refractivity contribution in [2.45, 2.75) is 19.5 Å². The molecule has 172 valence electrons. The number of carbonyl (C=O) groups excluding carboxylic acids is 2. The highest BCUT2D eigenvalue weighted by atomic mass is 16.5. The maximum absolute atomic E-state index is 12.8. The van der Waals surface area contributed by atoms with Crippen molar-refractivity contribution >= 4 is 11.8 Å². The third-order valence-electron chi connectivity index (χ3n) is 5.49. The number of morpholine rings is 1. The molecule has 1 unspecified atom stereocenters. The second-order valence-electron chi connectivity index (χ2n) is 7.60. The molecule has 32 heavy (non-hydrogen) atoms. The van der Waals surface area contributed by atoms with Gasteiger partial charge in [0.2, 0.25) is 5.91 Å². The van der Waals surface area contributed by atoms with Crippen LogP contribution in [0.5, 0.6) is 11.5 Å². The number of ether oxygens (including phenoxy) is 3. The zero-order valence-electron chi connectivity index (χ0n) is 18.8. The van der Waals surface area contributed by atoms with Gasteiger partial charge in [0, 0.05) is 38.7 Å². The van der Waals surface area contributed by atoms with Gasteiger partial charge in [-0.05, 0) is 35.4 Å². The number of nitrogens with one attached hydrogen (secondary N) is 2. The van der Waals surface area contributed by atoms with Gasteiger partial charge in [0.15, 0.2) is 11.5 Å². The van der Waals surface area contributed by atoms with Crippen LogP contribution in [0, 0.1) is 0 Å². The van der Waals surface area contributed by atoms with Crippen molar-refractivity contribution in [3.63, 3.8) is 0 Å². The molecular weight excluding hydrogens is 410 g/mol. The van der Waals surface area contributed by atoms with Gasteiger partial charge in [-0.15, -0.1) is 0 Å². The fourth-order valence-electron chi connectivity index (χ4n) is 3.70. The average molecular weight is 442 g/mol. The smallest absolute Gasteiger partial charge is 0.251 e. The lowest BCUT2D eigenvalue weighted by Gasteiger charge is -2.35. The Hall–Kier alpha value is -3.10. The Kier molecular flexibility index (Phi) is 8.47. The summed E-state index contributed by atoms with van der Waals surface area (Å²) in [6.07, 6.45) is 0. The predicted molar refractivity (Wildman–Crippen MR) is 121 cm³/mol. The molecule has 1 saturated heterocycles. The SMILES string of the molecule is COc1ccc(C(CNC(=O)c2ccc(CNC(C)=O)cc2)N2CCOCC2)cc1OC. The molecule has 1 aliphatic heterocycles. The molecule has 1 fully saturated rings. The van der Waals surface area contributed by atoms with E-state index >= 15 is 0 Å². The van der Waals surface area contributed by atoms with Gasteiger partial charge < -0.3 is 24.8 Å². The summed E-state index contributed by atoms with van der Waals surface area (Å²) in [5.41, 5.74) is 2.55. The van der Waals surface area contributed by atoms with Crippen LogP contribution in [-0.2, 0) is 16.1 Å². The summed E-state index contributed by atoms with van der Waals surface area (Å²) < 4.78 is 16.3. The average Bonchev–Trinajstić information content (AvgIpc) is 2.83. The van der Waals surface area contributed by atoms with Gasteiger partial charge in [-0.2, -0.15) is 0 Å². The third kappa shape index (κ3) is 6.21. The Morgan fingerprint density at radius 2 is 1.69 bits per heavy atom. The van der Waals surface area contributed by atoms with Gasteiger partial charge in [-0.25, -0.2) is 0 Å². The third-order valence-corrected chi connectivity index (χ3v) is 5.49. The van der Waals surface area contributed by atoms with E-state index in [4.69, 9.17) is 14.2 Å². The number of rotatable bonds is 9. The van der Waals surface area contributed by atoms with E-state index in [0.717, 1.165) is 24.2 Å². The Balaban J connectivity index is 1.71. The number of carbonyl (C=O) groups is 2. The van der Waals surface area contributed by atoms with Crippen LogP contribution < -0.4 is 20.1 Å². The molecular formula is C24H31N3O5. The highest BCUT2D eigenvalue weighted by molar-refractivity contribution is 5.94. The first-order chi connectivity index (χ1) is 15.5. The standard InChI is InChI=1S/C24H31N3O5/c1-17(28)25-15-18-4-6-19(7-5-18)24(29)26-16-21(27-10-12-32-13-11-27)20-8-9-22(30-2)23(14-20)31-3/h4-9,14,21H,10-13,15-16H2,1-3H3,(H,25,28)(H,26,29). The van der Waals surface area contributed by atoms with E-state index in [1.165, 1.54) is 6.92 Å². The van der Waals surface area contributed by atoms with E-state index in [-0.39, 0.29) is 17.9 Å². The van der Waals surface area contributed by atoms with Crippen LogP contribution >= 0.6 is 0 Å². The molecule has 1 aliphatic rings. The lowest BCUT2D eigenvalue weighted by atomic mass is 10.0. The van der Waals surface area contributed by atoms with E-state index < -0.39 is 0 Å². The first-order valence-corrected chi connectivity index (χ1v) is 10.7. The van der Waals surface area contributed by atoms with E-state index in [0.29, 0.717) is 43.4 Å². The summed E-state index contributed by atoms with van der Waals surface area (Å²) in [6.45, 7) is 5.25. The van der Waals surface area contributed by atoms with Crippen molar-refractivity contribution in [2.75, 3.05) is 47.1 Å². The fourth-order valence-corrected chi connectivity index (χ4v) is 3.70. The quantitative estimate of drug-likeness (QED) is 0.620. The molecule has 2 amide bonds. The molecule has 2 aromatic rings. The van der Waals surface area contributed by atoms with E-state index in [9.17, 15) is 9.59 Å². The van der Waals surface area contributed by atoms with Crippen LogP contribution in [0.1, 0.15) is 34.5 Å². The summed E-state index contributed by atoms with van der Waals surface area (Å²) in [5, 5.41) is 5.82. The van der Waals surface area contributed by atoms with Crippen molar-refractivity contribution in [1.29, 1.82) is 0 Å². The van der Waals surface area contributed by atoms with Gasteiger partial charge >= 0.3 is 0 Å². The molecule has 1 atom stereocenters. The van der Waals surface area contributed by atoms with Crippen LogP contribution in [0.3, 0.4) is 0 Å². The van der Waals surface area contributed by atoms with Crippen LogP contribution in [-0.4, -0.2) is 63.8 Å². The second kappa shape index (κ2) is 11.5. The van der Waals surface area contributed by atoms with Crippen LogP contribution in [0.2, 0.25) is 0 Å². The molecule has 0 aliphatic carbocycles. The minimum Gasteiger partial charge on any atom is -0.493 e. The maximum Gasteiger partial charge on any atom is 0.251 e. The first-order valence-electron chi connectivity index (χ1n) is 10.7. The largest absolute Gasteiger partial charge is 0.493 e. The number of benzene rings is 2. The van der Waals surface area contributed by atoms with Crippen molar-refractivity contribution in [3.05, 3.63) is 59.2 Å². The molecule has 1 heterocycles. The molecule has 0 radical (unpaired) electrons. The van der Waals surface area contributed by atoms with Crippen LogP contribution in [0.25, 0.3) is 0 Å². The first kappa shape index (κ1) is 23.6. The van der Waals surface area contributed by atoms with Crippen LogP contribution in [0.15, 0.2) is 42.5 Å². The van der Waals surface area contributed by atoms with E-state index in [2.05, 4.69) is 15.5 Å². The molecule has 3 rings (SSSR count). The number of amides is 2. The number of hydrogen-bond acceptors (Lipinski definition) is 6. The van der Waals surface area contributed by atoms with Gasteiger partial charge in [0.1, 0.15) is 0 Å². The number of hydrogen-bond donors (Lipinski definition) is 2. The molecule has 8 nitrogen and oxygen atoms in total.